The zero-order valence-electron chi connectivity index (χ0n) is 6.08. The molecule has 0 aliphatic carbocycles. The molecular weight excluding hydrogens is 176 g/mol. The largest absolute Gasteiger partial charge is 0.417 e. The highest BCUT2D eigenvalue weighted by molar-refractivity contribution is 6.30. The molecule has 0 unspecified atom stereocenters. The van der Waals surface area contributed by atoms with Crippen LogP contribution in [-0.4, -0.2) is 5.97 Å². The lowest BCUT2D eigenvalue weighted by molar-refractivity contribution is -0.128. The molecule has 0 aliphatic heterocycles. The molecule has 1 aromatic carbocycles. The molecule has 0 amide bonds. The second kappa shape index (κ2) is 3.80. The number of carbonyl (C=O) groups is 1. The number of halogens is 1. The summed E-state index contributed by atoms with van der Waals surface area (Å²) in [6.45, 7) is 0. The van der Waals surface area contributed by atoms with Crippen molar-refractivity contribution in [2.24, 2.45) is 0 Å². The van der Waals surface area contributed by atoms with Crippen LogP contribution in [0.1, 0.15) is 0 Å². The van der Waals surface area contributed by atoms with Gasteiger partial charge in [0.25, 0.3) is 0 Å². The van der Waals surface area contributed by atoms with E-state index in [1.54, 1.807) is 18.2 Å². The van der Waals surface area contributed by atoms with Gasteiger partial charge in [0, 0.05) is 10.9 Å². The molecule has 1 rings (SSSR count). The molecule has 0 aliphatic rings. The first-order valence-electron chi connectivity index (χ1n) is 3.16. The molecule has 1 aromatic rings. The van der Waals surface area contributed by atoms with Crippen molar-refractivity contribution < 1.29 is 9.53 Å². The van der Waals surface area contributed by atoms with Gasteiger partial charge in [-0.3, -0.25) is 0 Å². The van der Waals surface area contributed by atoms with E-state index < -0.39 is 5.97 Å². The second-order valence-electron chi connectivity index (χ2n) is 1.99. The van der Waals surface area contributed by atoms with Crippen LogP contribution >= 0.6 is 11.6 Å². The summed E-state index contributed by atoms with van der Waals surface area (Å²) < 4.78 is 4.68. The number of ether oxygens (including phenoxy) is 1. The van der Waals surface area contributed by atoms with Gasteiger partial charge in [-0.15, -0.1) is 6.42 Å². The molecule has 0 radical (unpaired) electrons. The van der Waals surface area contributed by atoms with E-state index in [-0.39, 0.29) is 0 Å². The number of benzene rings is 1. The van der Waals surface area contributed by atoms with E-state index in [0.717, 1.165) is 0 Å². The molecule has 0 bridgehead atoms. The normalized spacial score (nSPS) is 8.67. The van der Waals surface area contributed by atoms with Gasteiger partial charge < -0.3 is 4.74 Å². The quantitative estimate of drug-likeness (QED) is 0.286. The summed E-state index contributed by atoms with van der Waals surface area (Å²) >= 11 is 5.63. The number of terminal acetylenes is 1. The zero-order valence-corrected chi connectivity index (χ0v) is 6.84. The predicted octanol–water partition coefficient (Wildman–Crippen LogP) is 1.88. The third kappa shape index (κ3) is 2.30. The van der Waals surface area contributed by atoms with Crippen molar-refractivity contribution in [1.82, 2.24) is 0 Å². The zero-order chi connectivity index (χ0) is 8.97. The Morgan fingerprint density at radius 1 is 1.58 bits per heavy atom. The highest BCUT2D eigenvalue weighted by Gasteiger charge is 1.99. The molecule has 2 nitrogen and oxygen atoms in total. The lowest BCUT2D eigenvalue weighted by atomic mass is 10.3. The molecule has 3 heteroatoms. The van der Waals surface area contributed by atoms with Crippen molar-refractivity contribution in [2.75, 3.05) is 0 Å². The number of hydrogen-bond donors (Lipinski definition) is 0. The average Bonchev–Trinajstić information content (AvgIpc) is 2.04. The van der Waals surface area contributed by atoms with E-state index in [4.69, 9.17) is 18.0 Å². The molecule has 0 heterocycles. The van der Waals surface area contributed by atoms with Crippen LogP contribution in [0.5, 0.6) is 5.75 Å². The molecule has 12 heavy (non-hydrogen) atoms. The summed E-state index contributed by atoms with van der Waals surface area (Å²) in [6, 6.07) is 6.45. The topological polar surface area (TPSA) is 26.3 Å². The van der Waals surface area contributed by atoms with Gasteiger partial charge in [0.2, 0.25) is 0 Å². The third-order valence-electron chi connectivity index (χ3n) is 1.12. The van der Waals surface area contributed by atoms with Crippen molar-refractivity contribution in [3.05, 3.63) is 29.3 Å². The minimum Gasteiger partial charge on any atom is -0.417 e. The maximum Gasteiger partial charge on any atom is 0.389 e. The summed E-state index contributed by atoms with van der Waals surface area (Å²) in [5.74, 6) is 1.46. The lowest BCUT2D eigenvalue weighted by Gasteiger charge is -1.98. The minimum absolute atomic E-state index is 0.352. The van der Waals surface area contributed by atoms with Gasteiger partial charge in [-0.25, -0.2) is 4.79 Å². The van der Waals surface area contributed by atoms with Gasteiger partial charge in [0.15, 0.2) is 0 Å². The number of esters is 1. The Hall–Kier alpha value is -1.46. The molecule has 0 atom stereocenters. The first kappa shape index (κ1) is 8.63. The summed E-state index contributed by atoms with van der Waals surface area (Å²) in [5, 5.41) is 0.498. The number of carbonyl (C=O) groups excluding carboxylic acids is 1. The summed E-state index contributed by atoms with van der Waals surface area (Å²) in [5.41, 5.74) is 0. The first-order valence-corrected chi connectivity index (χ1v) is 3.54. The van der Waals surface area contributed by atoms with Crippen LogP contribution in [0.25, 0.3) is 0 Å². The van der Waals surface area contributed by atoms with E-state index in [2.05, 4.69) is 4.74 Å². The van der Waals surface area contributed by atoms with Gasteiger partial charge in [-0.05, 0) is 18.2 Å². The van der Waals surface area contributed by atoms with Crippen LogP contribution in [0.4, 0.5) is 0 Å². The molecule has 0 aromatic heterocycles. The molecule has 0 N–H and O–H groups in total. The predicted molar refractivity (Wildman–Crippen MR) is 45.9 cm³/mol. The molecule has 0 saturated carbocycles. The Labute approximate surface area is 75.1 Å². The minimum atomic E-state index is -0.725. The SMILES string of the molecule is C#CC(=O)Oc1cccc(Cl)c1. The van der Waals surface area contributed by atoms with Crippen LogP contribution in [0.3, 0.4) is 0 Å². The molecule has 0 spiro atoms. The van der Waals surface area contributed by atoms with E-state index in [1.807, 2.05) is 5.92 Å². The fraction of sp³-hybridized carbons (Fsp3) is 0. The maximum absolute atomic E-state index is 10.6. The number of rotatable bonds is 1. The van der Waals surface area contributed by atoms with Crippen molar-refractivity contribution in [3.63, 3.8) is 0 Å². The fourth-order valence-electron chi connectivity index (χ4n) is 0.667. The number of hydrogen-bond acceptors (Lipinski definition) is 2. The maximum atomic E-state index is 10.6. The van der Waals surface area contributed by atoms with Crippen LogP contribution in [0.15, 0.2) is 24.3 Å². The van der Waals surface area contributed by atoms with Crippen LogP contribution in [0, 0.1) is 12.3 Å². The lowest BCUT2D eigenvalue weighted by Crippen LogP contribution is -2.03. The van der Waals surface area contributed by atoms with Gasteiger partial charge in [-0.1, -0.05) is 17.7 Å². The van der Waals surface area contributed by atoms with Crippen LogP contribution in [-0.2, 0) is 4.79 Å². The summed E-state index contributed by atoms with van der Waals surface area (Å²) in [4.78, 5) is 10.6. The fourth-order valence-corrected chi connectivity index (χ4v) is 0.847. The van der Waals surface area contributed by atoms with Gasteiger partial charge in [-0.2, -0.15) is 0 Å². The average molecular weight is 181 g/mol. The highest BCUT2D eigenvalue weighted by Crippen LogP contribution is 2.16. The Bertz CT molecular complexity index is 339. The first-order chi connectivity index (χ1) is 5.72. The van der Waals surface area contributed by atoms with Crippen LogP contribution in [0.2, 0.25) is 5.02 Å². The van der Waals surface area contributed by atoms with E-state index in [1.165, 1.54) is 6.07 Å². The summed E-state index contributed by atoms with van der Waals surface area (Å²) in [7, 11) is 0. The van der Waals surface area contributed by atoms with Gasteiger partial charge in [0.05, 0.1) is 0 Å². The van der Waals surface area contributed by atoms with Crippen molar-refractivity contribution in [1.29, 1.82) is 0 Å². The monoisotopic (exact) mass is 180 g/mol. The van der Waals surface area contributed by atoms with Crippen molar-refractivity contribution in [3.8, 4) is 18.1 Å². The van der Waals surface area contributed by atoms with Crippen molar-refractivity contribution >= 4 is 17.6 Å². The Morgan fingerprint density at radius 3 is 2.92 bits per heavy atom. The Balaban J connectivity index is 2.78. The molecule has 60 valence electrons. The van der Waals surface area contributed by atoms with Crippen molar-refractivity contribution in [2.45, 2.75) is 0 Å². The molecule has 0 saturated heterocycles. The van der Waals surface area contributed by atoms with E-state index in [0.29, 0.717) is 10.8 Å². The Kier molecular flexibility index (Phi) is 2.73. The third-order valence-corrected chi connectivity index (χ3v) is 1.36. The highest BCUT2D eigenvalue weighted by atomic mass is 35.5. The van der Waals surface area contributed by atoms with Gasteiger partial charge in [0.1, 0.15) is 5.75 Å². The smallest absolute Gasteiger partial charge is 0.389 e. The molecule has 0 fully saturated rings. The Morgan fingerprint density at radius 2 is 2.33 bits per heavy atom. The summed E-state index contributed by atoms with van der Waals surface area (Å²) in [6.07, 6.45) is 4.80. The van der Waals surface area contributed by atoms with Crippen LogP contribution < -0.4 is 4.74 Å². The van der Waals surface area contributed by atoms with Gasteiger partial charge >= 0.3 is 5.97 Å². The molecular formula is C9H5ClO2. The van der Waals surface area contributed by atoms with E-state index in [9.17, 15) is 4.79 Å². The standard InChI is InChI=1S/C9H5ClO2/c1-2-9(11)12-8-5-3-4-7(10)6-8/h1,3-6H. The second-order valence-corrected chi connectivity index (χ2v) is 2.43. The van der Waals surface area contributed by atoms with E-state index >= 15 is 0 Å².